The first-order valence-electron chi connectivity index (χ1n) is 3.93. The van der Waals surface area contributed by atoms with Gasteiger partial charge in [0.05, 0.1) is 12.5 Å². The van der Waals surface area contributed by atoms with Crippen LogP contribution < -0.4 is 5.73 Å². The van der Waals surface area contributed by atoms with Crippen molar-refractivity contribution in [2.24, 2.45) is 5.73 Å². The van der Waals surface area contributed by atoms with Gasteiger partial charge in [0.15, 0.2) is 0 Å². The lowest BCUT2D eigenvalue weighted by Gasteiger charge is -2.19. The van der Waals surface area contributed by atoms with Crippen LogP contribution in [0.2, 0.25) is 0 Å². The molecule has 1 saturated heterocycles. The lowest BCUT2D eigenvalue weighted by Crippen LogP contribution is -2.38. The maximum atomic E-state index is 11.8. The molecule has 0 aromatic carbocycles. The van der Waals surface area contributed by atoms with Crippen LogP contribution in [0.4, 0.5) is 13.2 Å². The minimum Gasteiger partial charge on any atom is -0.377 e. The Morgan fingerprint density at radius 3 is 2.58 bits per heavy atom. The zero-order valence-electron chi connectivity index (χ0n) is 6.60. The highest BCUT2D eigenvalue weighted by Crippen LogP contribution is 2.25. The molecule has 0 amide bonds. The standard InChI is InChI=1S/C7H12F3NO/c8-7(9,10)4-5(11)6-2-1-3-12-6/h5-6H,1-4,11H2. The number of halogens is 3. The van der Waals surface area contributed by atoms with E-state index in [2.05, 4.69) is 0 Å². The maximum Gasteiger partial charge on any atom is 0.390 e. The zero-order valence-corrected chi connectivity index (χ0v) is 6.60. The predicted molar refractivity (Wildman–Crippen MR) is 37.6 cm³/mol. The molecule has 2 N–H and O–H groups in total. The fourth-order valence-electron chi connectivity index (χ4n) is 1.34. The van der Waals surface area contributed by atoms with Crippen LogP contribution in [0.1, 0.15) is 19.3 Å². The molecular weight excluding hydrogens is 171 g/mol. The molecule has 1 rings (SSSR count). The van der Waals surface area contributed by atoms with E-state index in [9.17, 15) is 13.2 Å². The first-order valence-corrected chi connectivity index (χ1v) is 3.93. The highest BCUT2D eigenvalue weighted by Gasteiger charge is 2.35. The summed E-state index contributed by atoms with van der Waals surface area (Å²) in [6, 6.07) is -0.896. The maximum absolute atomic E-state index is 11.8. The van der Waals surface area contributed by atoms with Crippen molar-refractivity contribution in [3.05, 3.63) is 0 Å². The molecule has 2 unspecified atom stereocenters. The van der Waals surface area contributed by atoms with E-state index < -0.39 is 24.7 Å². The summed E-state index contributed by atoms with van der Waals surface area (Å²) in [7, 11) is 0. The number of hydrogen-bond donors (Lipinski definition) is 1. The van der Waals surface area contributed by atoms with Gasteiger partial charge in [-0.3, -0.25) is 0 Å². The van der Waals surface area contributed by atoms with E-state index in [0.717, 1.165) is 6.42 Å². The third kappa shape index (κ3) is 2.98. The van der Waals surface area contributed by atoms with E-state index in [0.29, 0.717) is 13.0 Å². The molecule has 0 bridgehead atoms. The van der Waals surface area contributed by atoms with E-state index in [-0.39, 0.29) is 0 Å². The fourth-order valence-corrected chi connectivity index (χ4v) is 1.34. The van der Waals surface area contributed by atoms with Gasteiger partial charge >= 0.3 is 6.18 Å². The summed E-state index contributed by atoms with van der Waals surface area (Å²) in [4.78, 5) is 0. The molecule has 2 nitrogen and oxygen atoms in total. The van der Waals surface area contributed by atoms with Gasteiger partial charge in [-0.2, -0.15) is 13.2 Å². The molecule has 12 heavy (non-hydrogen) atoms. The molecule has 1 aliphatic rings. The number of rotatable bonds is 2. The van der Waals surface area contributed by atoms with Gasteiger partial charge in [-0.25, -0.2) is 0 Å². The van der Waals surface area contributed by atoms with Gasteiger partial charge in [0, 0.05) is 12.6 Å². The zero-order chi connectivity index (χ0) is 9.19. The van der Waals surface area contributed by atoms with Gasteiger partial charge in [0.1, 0.15) is 0 Å². The number of nitrogens with two attached hydrogens (primary N) is 1. The predicted octanol–water partition coefficient (Wildman–Crippen LogP) is 1.45. The topological polar surface area (TPSA) is 35.2 Å². The smallest absolute Gasteiger partial charge is 0.377 e. The molecule has 0 radical (unpaired) electrons. The van der Waals surface area contributed by atoms with Crippen LogP contribution in [-0.4, -0.2) is 24.9 Å². The van der Waals surface area contributed by atoms with Gasteiger partial charge in [-0.05, 0) is 12.8 Å². The van der Waals surface area contributed by atoms with Gasteiger partial charge < -0.3 is 10.5 Å². The van der Waals surface area contributed by atoms with E-state index in [1.807, 2.05) is 0 Å². The van der Waals surface area contributed by atoms with Gasteiger partial charge in [-0.15, -0.1) is 0 Å². The van der Waals surface area contributed by atoms with E-state index in [1.165, 1.54) is 0 Å². The summed E-state index contributed by atoms with van der Waals surface area (Å²) < 4.78 is 40.5. The van der Waals surface area contributed by atoms with Crippen molar-refractivity contribution in [2.45, 2.75) is 37.6 Å². The summed E-state index contributed by atoms with van der Waals surface area (Å²) in [5.41, 5.74) is 5.32. The van der Waals surface area contributed by atoms with Crippen LogP contribution in [-0.2, 0) is 4.74 Å². The molecule has 72 valence electrons. The van der Waals surface area contributed by atoms with E-state index in [4.69, 9.17) is 10.5 Å². The first kappa shape index (κ1) is 9.80. The van der Waals surface area contributed by atoms with Crippen LogP contribution in [0.15, 0.2) is 0 Å². The van der Waals surface area contributed by atoms with Crippen LogP contribution >= 0.6 is 0 Å². The van der Waals surface area contributed by atoms with Crippen molar-refractivity contribution in [1.29, 1.82) is 0 Å². The summed E-state index contributed by atoms with van der Waals surface area (Å²) >= 11 is 0. The molecule has 1 aliphatic heterocycles. The van der Waals surface area contributed by atoms with Gasteiger partial charge in [-0.1, -0.05) is 0 Å². The Kier molecular flexibility index (Phi) is 2.95. The Morgan fingerprint density at radius 2 is 2.17 bits per heavy atom. The lowest BCUT2D eigenvalue weighted by molar-refractivity contribution is -0.144. The second-order valence-electron chi connectivity index (χ2n) is 3.03. The van der Waals surface area contributed by atoms with E-state index in [1.54, 1.807) is 0 Å². The van der Waals surface area contributed by atoms with Crippen molar-refractivity contribution in [2.75, 3.05) is 6.61 Å². The molecule has 0 saturated carbocycles. The fraction of sp³-hybridized carbons (Fsp3) is 1.00. The average Bonchev–Trinajstić information content (AvgIpc) is 2.32. The van der Waals surface area contributed by atoms with Crippen molar-refractivity contribution in [3.8, 4) is 0 Å². The van der Waals surface area contributed by atoms with Gasteiger partial charge in [0.2, 0.25) is 0 Å². The summed E-state index contributed by atoms with van der Waals surface area (Å²) in [5, 5.41) is 0. The Hall–Kier alpha value is -0.290. The number of alkyl halides is 3. The van der Waals surface area contributed by atoms with Crippen molar-refractivity contribution in [1.82, 2.24) is 0 Å². The largest absolute Gasteiger partial charge is 0.390 e. The summed E-state index contributed by atoms with van der Waals surface area (Å²) in [6.45, 7) is 0.538. The van der Waals surface area contributed by atoms with Crippen LogP contribution in [0.3, 0.4) is 0 Å². The lowest BCUT2D eigenvalue weighted by atomic mass is 10.1. The molecule has 0 spiro atoms. The Labute approximate surface area is 68.9 Å². The van der Waals surface area contributed by atoms with Crippen molar-refractivity contribution >= 4 is 0 Å². The third-order valence-electron chi connectivity index (χ3n) is 1.91. The first-order chi connectivity index (χ1) is 5.49. The van der Waals surface area contributed by atoms with Crippen molar-refractivity contribution in [3.63, 3.8) is 0 Å². The highest BCUT2D eigenvalue weighted by atomic mass is 19.4. The van der Waals surface area contributed by atoms with Crippen LogP contribution in [0.25, 0.3) is 0 Å². The molecule has 0 aliphatic carbocycles. The minimum absolute atomic E-state index is 0.397. The van der Waals surface area contributed by atoms with Gasteiger partial charge in [0.25, 0.3) is 0 Å². The Balaban J connectivity index is 2.31. The summed E-state index contributed by atoms with van der Waals surface area (Å²) in [6.07, 6.45) is -4.05. The Morgan fingerprint density at radius 1 is 1.50 bits per heavy atom. The van der Waals surface area contributed by atoms with Crippen molar-refractivity contribution < 1.29 is 17.9 Å². The normalized spacial score (nSPS) is 27.5. The highest BCUT2D eigenvalue weighted by molar-refractivity contribution is 4.79. The molecule has 5 heteroatoms. The van der Waals surface area contributed by atoms with Crippen LogP contribution in [0, 0.1) is 0 Å². The molecule has 2 atom stereocenters. The summed E-state index contributed by atoms with van der Waals surface area (Å²) in [5.74, 6) is 0. The molecule has 1 heterocycles. The Bertz CT molecular complexity index is 142. The monoisotopic (exact) mass is 183 g/mol. The SMILES string of the molecule is NC(CC(F)(F)F)C1CCCO1. The second kappa shape index (κ2) is 3.62. The molecule has 0 aromatic heterocycles. The number of hydrogen-bond acceptors (Lipinski definition) is 2. The minimum atomic E-state index is -4.18. The average molecular weight is 183 g/mol. The van der Waals surface area contributed by atoms with E-state index >= 15 is 0 Å². The quantitative estimate of drug-likeness (QED) is 0.703. The van der Waals surface area contributed by atoms with Crippen LogP contribution in [0.5, 0.6) is 0 Å². The molecule has 1 fully saturated rings. The third-order valence-corrected chi connectivity index (χ3v) is 1.91. The second-order valence-corrected chi connectivity index (χ2v) is 3.03. The molecular formula is C7H12F3NO. The molecule has 0 aromatic rings. The number of ether oxygens (including phenoxy) is 1.